The zero-order valence-corrected chi connectivity index (χ0v) is 12.7. The van der Waals surface area contributed by atoms with Crippen LogP contribution in [0.15, 0.2) is 36.7 Å². The van der Waals surface area contributed by atoms with Gasteiger partial charge in [-0.05, 0) is 31.0 Å². The summed E-state index contributed by atoms with van der Waals surface area (Å²) in [4.78, 5) is 12.2. The van der Waals surface area contributed by atoms with E-state index >= 15 is 0 Å². The van der Waals surface area contributed by atoms with Gasteiger partial charge in [0.05, 0.1) is 11.9 Å². The van der Waals surface area contributed by atoms with E-state index < -0.39 is 0 Å². The van der Waals surface area contributed by atoms with Gasteiger partial charge in [0.25, 0.3) is 0 Å². The molecule has 2 aromatic rings. The first-order valence-corrected chi connectivity index (χ1v) is 7.15. The molecular formula is C15H18N4OS. The van der Waals surface area contributed by atoms with E-state index in [1.54, 1.807) is 18.3 Å². The number of carbonyl (C=O) groups is 1. The number of hydrogen-bond acceptors (Lipinski definition) is 3. The Labute approximate surface area is 129 Å². The van der Waals surface area contributed by atoms with E-state index in [1.165, 1.54) is 0 Å². The van der Waals surface area contributed by atoms with Crippen LogP contribution >= 0.6 is 12.2 Å². The number of nitrogens with one attached hydrogen (secondary N) is 1. The van der Waals surface area contributed by atoms with E-state index in [9.17, 15) is 4.79 Å². The number of rotatable bonds is 6. The molecule has 0 aliphatic rings. The van der Waals surface area contributed by atoms with Crippen LogP contribution in [0.5, 0.6) is 0 Å². The summed E-state index contributed by atoms with van der Waals surface area (Å²) in [6.07, 6.45) is 4.91. The average molecular weight is 302 g/mol. The Hall–Kier alpha value is -2.21. The zero-order valence-electron chi connectivity index (χ0n) is 11.9. The first-order chi connectivity index (χ1) is 10.1. The molecule has 0 fully saturated rings. The quantitative estimate of drug-likeness (QED) is 0.803. The zero-order chi connectivity index (χ0) is 15.2. The van der Waals surface area contributed by atoms with Gasteiger partial charge in [-0.25, -0.2) is 0 Å². The molecule has 0 spiro atoms. The number of nitrogens with two attached hydrogens (primary N) is 1. The third-order valence-electron chi connectivity index (χ3n) is 3.02. The maximum absolute atomic E-state index is 12.0. The molecule has 5 nitrogen and oxygen atoms in total. The Morgan fingerprint density at radius 2 is 2.19 bits per heavy atom. The largest absolute Gasteiger partial charge is 0.389 e. The summed E-state index contributed by atoms with van der Waals surface area (Å²) in [6, 6.07) is 7.27. The SMILES string of the molecule is Cc1cnn(CCCC(=O)Nc2ccccc2C(N)=S)c1. The number of nitrogens with zero attached hydrogens (tertiary/aromatic N) is 2. The van der Waals surface area contributed by atoms with E-state index in [-0.39, 0.29) is 10.9 Å². The summed E-state index contributed by atoms with van der Waals surface area (Å²) in [5.74, 6) is -0.0532. The molecule has 2 rings (SSSR count). The van der Waals surface area contributed by atoms with Crippen LogP contribution in [0.25, 0.3) is 0 Å². The molecule has 1 aromatic heterocycles. The van der Waals surface area contributed by atoms with Crippen LogP contribution < -0.4 is 11.1 Å². The Kier molecular flexibility index (Phi) is 5.05. The number of aromatic nitrogens is 2. The molecule has 0 atom stereocenters. The van der Waals surface area contributed by atoms with E-state index in [2.05, 4.69) is 10.4 Å². The molecule has 0 radical (unpaired) electrons. The Morgan fingerprint density at radius 1 is 1.43 bits per heavy atom. The third-order valence-corrected chi connectivity index (χ3v) is 3.24. The first-order valence-electron chi connectivity index (χ1n) is 6.74. The highest BCUT2D eigenvalue weighted by atomic mass is 32.1. The summed E-state index contributed by atoms with van der Waals surface area (Å²) < 4.78 is 1.84. The molecule has 1 heterocycles. The van der Waals surface area contributed by atoms with E-state index in [4.69, 9.17) is 18.0 Å². The van der Waals surface area contributed by atoms with Crippen LogP contribution in [0, 0.1) is 6.92 Å². The lowest BCUT2D eigenvalue weighted by molar-refractivity contribution is -0.116. The van der Waals surface area contributed by atoms with E-state index in [0.29, 0.717) is 17.7 Å². The number of benzene rings is 1. The Morgan fingerprint density at radius 3 is 2.86 bits per heavy atom. The highest BCUT2D eigenvalue weighted by Gasteiger charge is 2.08. The van der Waals surface area contributed by atoms with Crippen LogP contribution in [0.2, 0.25) is 0 Å². The second-order valence-corrected chi connectivity index (χ2v) is 5.28. The van der Waals surface area contributed by atoms with Gasteiger partial charge in [-0.15, -0.1) is 0 Å². The number of para-hydroxylation sites is 1. The molecule has 110 valence electrons. The minimum Gasteiger partial charge on any atom is -0.389 e. The van der Waals surface area contributed by atoms with Crippen LogP contribution in [-0.2, 0) is 11.3 Å². The van der Waals surface area contributed by atoms with Gasteiger partial charge in [-0.3, -0.25) is 9.48 Å². The second-order valence-electron chi connectivity index (χ2n) is 4.84. The third kappa shape index (κ3) is 4.39. The summed E-state index contributed by atoms with van der Waals surface area (Å²) in [5, 5.41) is 7.03. The normalized spacial score (nSPS) is 10.3. The van der Waals surface area contributed by atoms with Crippen molar-refractivity contribution in [2.75, 3.05) is 5.32 Å². The van der Waals surface area contributed by atoms with Gasteiger partial charge >= 0.3 is 0 Å². The molecule has 0 aliphatic heterocycles. The summed E-state index contributed by atoms with van der Waals surface area (Å²) in [6.45, 7) is 2.71. The number of aryl methyl sites for hydroxylation is 2. The number of thiocarbonyl (C=S) groups is 1. The van der Waals surface area contributed by atoms with Crippen LogP contribution in [0.1, 0.15) is 24.0 Å². The number of amides is 1. The maximum Gasteiger partial charge on any atom is 0.224 e. The molecule has 3 N–H and O–H groups in total. The summed E-state index contributed by atoms with van der Waals surface area (Å²) in [7, 11) is 0. The highest BCUT2D eigenvalue weighted by molar-refractivity contribution is 7.80. The van der Waals surface area contributed by atoms with Gasteiger partial charge in [0.1, 0.15) is 4.99 Å². The smallest absolute Gasteiger partial charge is 0.224 e. The van der Waals surface area contributed by atoms with Crippen molar-refractivity contribution < 1.29 is 4.79 Å². The molecule has 0 bridgehead atoms. The fraction of sp³-hybridized carbons (Fsp3) is 0.267. The van der Waals surface area contributed by atoms with Crippen molar-refractivity contribution in [1.82, 2.24) is 9.78 Å². The molecule has 6 heteroatoms. The van der Waals surface area contributed by atoms with Gasteiger partial charge in [0.2, 0.25) is 5.91 Å². The van der Waals surface area contributed by atoms with Crippen molar-refractivity contribution in [3.8, 4) is 0 Å². The highest BCUT2D eigenvalue weighted by Crippen LogP contribution is 2.15. The molecule has 21 heavy (non-hydrogen) atoms. The number of anilines is 1. The lowest BCUT2D eigenvalue weighted by Gasteiger charge is -2.09. The molecular weight excluding hydrogens is 284 g/mol. The van der Waals surface area contributed by atoms with E-state index in [0.717, 1.165) is 18.5 Å². The lowest BCUT2D eigenvalue weighted by atomic mass is 10.1. The monoisotopic (exact) mass is 302 g/mol. The molecule has 0 saturated heterocycles. The number of hydrogen-bond donors (Lipinski definition) is 2. The maximum atomic E-state index is 12.0. The van der Waals surface area contributed by atoms with Gasteiger partial charge in [-0.2, -0.15) is 5.10 Å². The topological polar surface area (TPSA) is 72.9 Å². The van der Waals surface area contributed by atoms with Gasteiger partial charge < -0.3 is 11.1 Å². The fourth-order valence-electron chi connectivity index (χ4n) is 2.01. The molecule has 1 aromatic carbocycles. The minimum atomic E-state index is -0.0532. The molecule has 1 amide bonds. The molecule has 0 aliphatic carbocycles. The predicted molar refractivity (Wildman–Crippen MR) is 87.2 cm³/mol. The van der Waals surface area contributed by atoms with Gasteiger partial charge in [-0.1, -0.05) is 24.4 Å². The van der Waals surface area contributed by atoms with Crippen molar-refractivity contribution in [3.63, 3.8) is 0 Å². The van der Waals surface area contributed by atoms with Crippen molar-refractivity contribution in [2.45, 2.75) is 26.3 Å². The first kappa shape index (κ1) is 15.2. The van der Waals surface area contributed by atoms with Crippen molar-refractivity contribution in [3.05, 3.63) is 47.8 Å². The lowest BCUT2D eigenvalue weighted by Crippen LogP contribution is -2.17. The van der Waals surface area contributed by atoms with Crippen LogP contribution in [0.4, 0.5) is 5.69 Å². The second kappa shape index (κ2) is 6.99. The van der Waals surface area contributed by atoms with Gasteiger partial charge in [0, 0.05) is 24.7 Å². The molecule has 0 unspecified atom stereocenters. The predicted octanol–water partition coefficient (Wildman–Crippen LogP) is 2.24. The summed E-state index contributed by atoms with van der Waals surface area (Å²) >= 11 is 4.97. The van der Waals surface area contributed by atoms with Gasteiger partial charge in [0.15, 0.2) is 0 Å². The Balaban J connectivity index is 1.86. The standard InChI is InChI=1S/C15H18N4OS/c1-11-9-17-19(10-11)8-4-7-14(20)18-13-6-3-2-5-12(13)15(16)21/h2-3,5-6,9-10H,4,7-8H2,1H3,(H2,16,21)(H,18,20). The van der Waals surface area contributed by atoms with Crippen LogP contribution in [0.3, 0.4) is 0 Å². The van der Waals surface area contributed by atoms with Crippen molar-refractivity contribution in [1.29, 1.82) is 0 Å². The van der Waals surface area contributed by atoms with E-state index in [1.807, 2.05) is 29.9 Å². The minimum absolute atomic E-state index is 0.0532. The van der Waals surface area contributed by atoms with Crippen molar-refractivity contribution in [2.24, 2.45) is 5.73 Å². The molecule has 0 saturated carbocycles. The Bertz CT molecular complexity index is 651. The summed E-state index contributed by atoms with van der Waals surface area (Å²) in [5.41, 5.74) is 8.09. The van der Waals surface area contributed by atoms with Crippen LogP contribution in [-0.4, -0.2) is 20.7 Å². The fourth-order valence-corrected chi connectivity index (χ4v) is 2.19. The van der Waals surface area contributed by atoms with Crippen molar-refractivity contribution >= 4 is 28.8 Å². The number of carbonyl (C=O) groups excluding carboxylic acids is 1. The average Bonchev–Trinajstić information content (AvgIpc) is 2.85.